The van der Waals surface area contributed by atoms with Crippen LogP contribution < -0.4 is 0 Å². The topological polar surface area (TPSA) is 32.8 Å². The molecule has 150 valence electrons. The van der Waals surface area contributed by atoms with Crippen LogP contribution in [0.4, 0.5) is 0 Å². The van der Waals surface area contributed by atoms with Crippen LogP contribution in [0.3, 0.4) is 0 Å². The number of carbonyl (C=O) groups is 1. The molecule has 0 bridgehead atoms. The lowest BCUT2D eigenvalue weighted by atomic mass is 9.95. The Kier molecular flexibility index (Phi) is 8.06. The van der Waals surface area contributed by atoms with Gasteiger partial charge in [0, 0.05) is 54.3 Å². The van der Waals surface area contributed by atoms with Crippen LogP contribution in [0.15, 0.2) is 33.6 Å². The number of ether oxygens (including phenoxy) is 1. The maximum atomic E-state index is 12.5. The summed E-state index contributed by atoms with van der Waals surface area (Å²) in [7, 11) is 0. The molecule has 6 heteroatoms. The number of morpholine rings is 1. The largest absolute Gasteiger partial charge is 0.373 e. The predicted molar refractivity (Wildman–Crippen MR) is 115 cm³/mol. The molecule has 0 aromatic heterocycles. The molecule has 1 aromatic rings. The Hall–Kier alpha value is -0.560. The van der Waals surface area contributed by atoms with E-state index >= 15 is 0 Å². The van der Waals surface area contributed by atoms with Gasteiger partial charge in [-0.15, -0.1) is 11.8 Å². The minimum atomic E-state index is 0.307. The van der Waals surface area contributed by atoms with Gasteiger partial charge in [-0.2, -0.15) is 0 Å². The molecule has 2 atom stereocenters. The van der Waals surface area contributed by atoms with Gasteiger partial charge >= 0.3 is 0 Å². The second kappa shape index (κ2) is 10.3. The zero-order valence-corrected chi connectivity index (χ0v) is 18.8. The highest BCUT2D eigenvalue weighted by molar-refractivity contribution is 9.10. The molecule has 2 fully saturated rings. The number of hydrogen-bond acceptors (Lipinski definition) is 4. The summed E-state index contributed by atoms with van der Waals surface area (Å²) in [6, 6.07) is 8.19. The summed E-state index contributed by atoms with van der Waals surface area (Å²) in [5.41, 5.74) is 0. The van der Waals surface area contributed by atoms with Crippen molar-refractivity contribution in [2.75, 3.05) is 38.5 Å². The third-order valence-corrected chi connectivity index (χ3v) is 7.42. The maximum Gasteiger partial charge on any atom is 0.223 e. The van der Waals surface area contributed by atoms with Gasteiger partial charge in [0.25, 0.3) is 0 Å². The maximum absolute atomic E-state index is 12.5. The second-order valence-electron chi connectivity index (χ2n) is 7.83. The highest BCUT2D eigenvalue weighted by atomic mass is 79.9. The van der Waals surface area contributed by atoms with Crippen molar-refractivity contribution in [1.82, 2.24) is 9.80 Å². The number of rotatable bonds is 6. The number of carbonyl (C=O) groups excluding carboxylic acids is 1. The number of halogens is 1. The SMILES string of the molecule is CC1CN(CC2CCN(C(=O)CCSc3ccccc3Br)CC2)CC(C)O1. The first-order chi connectivity index (χ1) is 13.0. The van der Waals surface area contributed by atoms with Crippen LogP contribution in [0.2, 0.25) is 0 Å². The lowest BCUT2D eigenvalue weighted by molar-refractivity contribution is -0.132. The van der Waals surface area contributed by atoms with Gasteiger partial charge in [0.15, 0.2) is 0 Å². The van der Waals surface area contributed by atoms with E-state index in [-0.39, 0.29) is 0 Å². The zero-order chi connectivity index (χ0) is 19.2. The van der Waals surface area contributed by atoms with Crippen molar-refractivity contribution in [3.8, 4) is 0 Å². The number of nitrogens with zero attached hydrogens (tertiary/aromatic N) is 2. The van der Waals surface area contributed by atoms with E-state index in [1.807, 2.05) is 18.2 Å². The predicted octanol–water partition coefficient (Wildman–Crippen LogP) is 4.28. The van der Waals surface area contributed by atoms with E-state index in [4.69, 9.17) is 4.74 Å². The third-order valence-electron chi connectivity index (χ3n) is 5.39. The Bertz CT molecular complexity index is 612. The molecular weight excluding hydrogens is 424 g/mol. The minimum Gasteiger partial charge on any atom is -0.373 e. The van der Waals surface area contributed by atoms with E-state index in [1.165, 1.54) is 4.90 Å². The van der Waals surface area contributed by atoms with Crippen molar-refractivity contribution in [3.05, 3.63) is 28.7 Å². The minimum absolute atomic E-state index is 0.307. The number of benzene rings is 1. The van der Waals surface area contributed by atoms with Crippen LogP contribution >= 0.6 is 27.7 Å². The molecule has 0 radical (unpaired) electrons. The van der Waals surface area contributed by atoms with Gasteiger partial charge < -0.3 is 9.64 Å². The fourth-order valence-corrected chi connectivity index (χ4v) is 5.64. The Morgan fingerprint density at radius 1 is 1.19 bits per heavy atom. The molecule has 2 aliphatic rings. The van der Waals surface area contributed by atoms with E-state index in [1.54, 1.807) is 11.8 Å². The van der Waals surface area contributed by atoms with Crippen molar-refractivity contribution >= 4 is 33.6 Å². The highest BCUT2D eigenvalue weighted by Crippen LogP contribution is 2.28. The van der Waals surface area contributed by atoms with Gasteiger partial charge in [0.2, 0.25) is 5.91 Å². The number of hydrogen-bond donors (Lipinski definition) is 0. The molecule has 2 unspecified atom stereocenters. The van der Waals surface area contributed by atoms with E-state index < -0.39 is 0 Å². The van der Waals surface area contributed by atoms with Crippen molar-refractivity contribution < 1.29 is 9.53 Å². The summed E-state index contributed by atoms with van der Waals surface area (Å²) in [5, 5.41) is 0. The summed E-state index contributed by atoms with van der Waals surface area (Å²) in [4.78, 5) is 18.4. The monoisotopic (exact) mass is 454 g/mol. The molecule has 0 saturated carbocycles. The van der Waals surface area contributed by atoms with Crippen LogP contribution in [0.5, 0.6) is 0 Å². The lowest BCUT2D eigenvalue weighted by Crippen LogP contribution is -2.48. The van der Waals surface area contributed by atoms with Crippen molar-refractivity contribution in [2.45, 2.75) is 50.2 Å². The number of piperidine rings is 1. The molecule has 3 rings (SSSR count). The summed E-state index contributed by atoms with van der Waals surface area (Å²) in [5.74, 6) is 1.85. The standard InChI is InChI=1S/C21H31BrN2O2S/c1-16-13-23(14-17(2)26-16)15-18-7-10-24(11-8-18)21(25)9-12-27-20-6-4-3-5-19(20)22/h3-6,16-18H,7-15H2,1-2H3. The lowest BCUT2D eigenvalue weighted by Gasteiger charge is -2.39. The molecule has 27 heavy (non-hydrogen) atoms. The van der Waals surface area contributed by atoms with Gasteiger partial charge in [-0.3, -0.25) is 9.69 Å². The van der Waals surface area contributed by atoms with Gasteiger partial charge in [-0.25, -0.2) is 0 Å². The van der Waals surface area contributed by atoms with Crippen LogP contribution in [0.25, 0.3) is 0 Å². The van der Waals surface area contributed by atoms with Crippen molar-refractivity contribution in [2.24, 2.45) is 5.92 Å². The Morgan fingerprint density at radius 2 is 1.85 bits per heavy atom. The fourth-order valence-electron chi connectivity index (χ4n) is 4.13. The van der Waals surface area contributed by atoms with Crippen LogP contribution in [0, 0.1) is 5.92 Å². The normalized spacial score (nSPS) is 24.9. The first kappa shape index (κ1) is 21.2. The average molecular weight is 455 g/mol. The molecule has 2 heterocycles. The average Bonchev–Trinajstić information content (AvgIpc) is 2.63. The molecule has 2 aliphatic heterocycles. The summed E-state index contributed by atoms with van der Waals surface area (Å²) in [6.45, 7) is 9.38. The second-order valence-corrected chi connectivity index (χ2v) is 9.82. The van der Waals surface area contributed by atoms with E-state index in [2.05, 4.69) is 45.6 Å². The number of likely N-dealkylation sites (tertiary alicyclic amines) is 1. The summed E-state index contributed by atoms with van der Waals surface area (Å²) in [6.07, 6.45) is 3.54. The van der Waals surface area contributed by atoms with Gasteiger partial charge in [0.05, 0.1) is 12.2 Å². The van der Waals surface area contributed by atoms with E-state index in [0.29, 0.717) is 30.5 Å². The van der Waals surface area contributed by atoms with Gasteiger partial charge in [0.1, 0.15) is 0 Å². The Balaban J connectivity index is 1.36. The Morgan fingerprint density at radius 3 is 2.52 bits per heavy atom. The first-order valence-electron chi connectivity index (χ1n) is 10.0. The fraction of sp³-hybridized carbons (Fsp3) is 0.667. The number of amides is 1. The molecule has 0 N–H and O–H groups in total. The molecule has 1 aromatic carbocycles. The molecule has 2 saturated heterocycles. The Labute approximate surface area is 176 Å². The van der Waals surface area contributed by atoms with Crippen molar-refractivity contribution in [3.63, 3.8) is 0 Å². The van der Waals surface area contributed by atoms with Gasteiger partial charge in [-0.1, -0.05) is 12.1 Å². The molecule has 1 amide bonds. The molecular formula is C21H31BrN2O2S. The van der Waals surface area contributed by atoms with Crippen molar-refractivity contribution in [1.29, 1.82) is 0 Å². The third kappa shape index (κ3) is 6.48. The van der Waals surface area contributed by atoms with Crippen LogP contribution in [0.1, 0.15) is 33.1 Å². The molecule has 0 spiro atoms. The smallest absolute Gasteiger partial charge is 0.223 e. The van der Waals surface area contributed by atoms with Gasteiger partial charge in [-0.05, 0) is 60.7 Å². The summed E-state index contributed by atoms with van der Waals surface area (Å²) < 4.78 is 6.94. The quantitative estimate of drug-likeness (QED) is 0.600. The van der Waals surface area contributed by atoms with Crippen LogP contribution in [-0.2, 0) is 9.53 Å². The van der Waals surface area contributed by atoms with Crippen LogP contribution in [-0.4, -0.2) is 66.4 Å². The number of thioether (sulfide) groups is 1. The molecule has 4 nitrogen and oxygen atoms in total. The highest BCUT2D eigenvalue weighted by Gasteiger charge is 2.27. The first-order valence-corrected chi connectivity index (χ1v) is 11.8. The van der Waals surface area contributed by atoms with E-state index in [9.17, 15) is 4.79 Å². The van der Waals surface area contributed by atoms with E-state index in [0.717, 1.165) is 55.8 Å². The molecule has 0 aliphatic carbocycles. The summed E-state index contributed by atoms with van der Waals surface area (Å²) >= 11 is 5.32. The zero-order valence-electron chi connectivity index (χ0n) is 16.4.